The number of carbonyl (C=O) groups excluding carboxylic acids is 1. The number of amides is 1. The molecule has 0 aromatic heterocycles. The van der Waals surface area contributed by atoms with Crippen LogP contribution >= 0.6 is 34.8 Å². The Morgan fingerprint density at radius 2 is 1.81 bits per heavy atom. The van der Waals surface area contributed by atoms with Crippen LogP contribution in [0, 0.1) is 6.92 Å². The van der Waals surface area contributed by atoms with Gasteiger partial charge in [0.05, 0.1) is 17.2 Å². The van der Waals surface area contributed by atoms with Gasteiger partial charge >= 0.3 is 0 Å². The highest BCUT2D eigenvalue weighted by Gasteiger charge is 2.23. The first kappa shape index (κ1) is 29.8. The van der Waals surface area contributed by atoms with Crippen molar-refractivity contribution in [2.24, 2.45) is 16.0 Å². The molecule has 0 fully saturated rings. The largest absolute Gasteiger partial charge is 0.310 e. The molecular formula is C26H32Cl3N5O2. The van der Waals surface area contributed by atoms with Crippen molar-refractivity contribution in [2.75, 3.05) is 19.2 Å². The van der Waals surface area contributed by atoms with Crippen LogP contribution in [0.5, 0.6) is 0 Å². The third kappa shape index (κ3) is 8.05. The second-order valence-electron chi connectivity index (χ2n) is 8.06. The van der Waals surface area contributed by atoms with Gasteiger partial charge in [0, 0.05) is 42.4 Å². The normalized spacial score (nSPS) is 13.5. The van der Waals surface area contributed by atoms with Crippen LogP contribution in [0.3, 0.4) is 0 Å². The molecule has 0 radical (unpaired) electrons. The predicted octanol–water partition coefficient (Wildman–Crippen LogP) is 6.27. The van der Waals surface area contributed by atoms with Crippen molar-refractivity contribution < 1.29 is 9.63 Å². The van der Waals surface area contributed by atoms with Gasteiger partial charge in [0.25, 0.3) is 5.91 Å². The molecule has 0 saturated carbocycles. The van der Waals surface area contributed by atoms with E-state index >= 15 is 0 Å². The van der Waals surface area contributed by atoms with Crippen LogP contribution < -0.4 is 16.2 Å². The molecule has 1 amide bonds. The van der Waals surface area contributed by atoms with Crippen molar-refractivity contribution in [3.63, 3.8) is 0 Å². The number of hydrogen-bond donors (Lipinski definition) is 2. The molecule has 194 valence electrons. The summed E-state index contributed by atoms with van der Waals surface area (Å²) in [6.45, 7) is 6.23. The summed E-state index contributed by atoms with van der Waals surface area (Å²) in [5.41, 5.74) is 5.52. The van der Waals surface area contributed by atoms with E-state index < -0.39 is 0 Å². The summed E-state index contributed by atoms with van der Waals surface area (Å²) in [7, 11) is 3.08. The first-order chi connectivity index (χ1) is 17.2. The molecule has 10 heteroatoms. The van der Waals surface area contributed by atoms with E-state index in [2.05, 4.69) is 58.2 Å². The summed E-state index contributed by atoms with van der Waals surface area (Å²) in [4.78, 5) is 21.2. The lowest BCUT2D eigenvalue weighted by molar-refractivity contribution is -0.116. The maximum Gasteiger partial charge on any atom is 0.254 e. The standard InChI is InChI=1S/C25H27Cl3N4O.CH5NO/c1-5-17-9-16(8-7-15(17)3)10-23(29-4)30-25(33)18-11-20(6-2)31-32(14-18)24-21(27)12-19(26)13-22(24)28;1-3-2/h7-9,12-14H,5-6,10-11H2,1-4H3,(H,29,30,33);2H2,1H3. The van der Waals surface area contributed by atoms with Crippen LogP contribution in [0.25, 0.3) is 0 Å². The Hall–Kier alpha value is -2.42. The van der Waals surface area contributed by atoms with Crippen LogP contribution in [-0.2, 0) is 22.5 Å². The van der Waals surface area contributed by atoms with Crippen LogP contribution in [0.1, 0.15) is 43.4 Å². The molecule has 3 rings (SSSR count). The number of rotatable bonds is 6. The number of nitrogens with one attached hydrogen (secondary N) is 1. The Morgan fingerprint density at radius 3 is 2.36 bits per heavy atom. The molecule has 2 aromatic rings. The van der Waals surface area contributed by atoms with Gasteiger partial charge in [-0.15, -0.1) is 0 Å². The summed E-state index contributed by atoms with van der Waals surface area (Å²) in [6, 6.07) is 9.54. The minimum Gasteiger partial charge on any atom is -0.310 e. The first-order valence-electron chi connectivity index (χ1n) is 11.5. The molecule has 2 aromatic carbocycles. The van der Waals surface area contributed by atoms with E-state index in [1.165, 1.54) is 18.2 Å². The first-order valence-corrected chi connectivity index (χ1v) is 12.6. The number of hydrogen-bond acceptors (Lipinski definition) is 6. The van der Waals surface area contributed by atoms with Crippen molar-refractivity contribution >= 4 is 57.9 Å². The third-order valence-corrected chi connectivity index (χ3v) is 6.32. The number of carbonyl (C=O) groups is 1. The molecule has 3 N–H and O–H groups in total. The number of amidine groups is 1. The molecule has 0 aliphatic carbocycles. The van der Waals surface area contributed by atoms with Gasteiger partial charge < -0.3 is 10.2 Å². The number of hydrazone groups is 1. The monoisotopic (exact) mass is 551 g/mol. The lowest BCUT2D eigenvalue weighted by Gasteiger charge is -2.25. The van der Waals surface area contributed by atoms with Gasteiger partial charge in [-0.05, 0) is 48.6 Å². The number of aliphatic imine (C=N–C) groups is 1. The van der Waals surface area contributed by atoms with E-state index in [1.807, 2.05) is 6.92 Å². The van der Waals surface area contributed by atoms with Gasteiger partial charge in [0.2, 0.25) is 0 Å². The van der Waals surface area contributed by atoms with Crippen molar-refractivity contribution in [1.29, 1.82) is 0 Å². The number of nitrogens with two attached hydrogens (primary N) is 1. The van der Waals surface area contributed by atoms with Gasteiger partial charge in [-0.3, -0.25) is 9.79 Å². The molecule has 0 atom stereocenters. The SMILES string of the molecule is CCC1=NN(c2c(Cl)cc(Cl)cc2Cl)C=C(C(=O)NC(Cc2ccc(C)c(CC)c2)=NC)C1.CON. The maximum absolute atomic E-state index is 13.2. The van der Waals surface area contributed by atoms with Crippen molar-refractivity contribution in [1.82, 2.24) is 5.32 Å². The van der Waals surface area contributed by atoms with Gasteiger partial charge in [0.15, 0.2) is 0 Å². The van der Waals surface area contributed by atoms with E-state index in [9.17, 15) is 4.79 Å². The second kappa shape index (κ2) is 14.4. The fourth-order valence-corrected chi connectivity index (χ4v) is 4.62. The van der Waals surface area contributed by atoms with Crippen molar-refractivity contribution in [3.8, 4) is 0 Å². The Bertz CT molecular complexity index is 1160. The summed E-state index contributed by atoms with van der Waals surface area (Å²) in [6.07, 6.45) is 4.27. The van der Waals surface area contributed by atoms with Crippen LogP contribution in [-0.4, -0.2) is 31.6 Å². The van der Waals surface area contributed by atoms with Crippen LogP contribution in [0.15, 0.2) is 52.2 Å². The Balaban J connectivity index is 0.00000145. The van der Waals surface area contributed by atoms with Gasteiger partial charge in [0.1, 0.15) is 11.5 Å². The minimum atomic E-state index is -0.231. The Labute approximate surface area is 227 Å². The number of nitrogens with zero attached hydrogens (tertiary/aromatic N) is 3. The van der Waals surface area contributed by atoms with E-state index in [-0.39, 0.29) is 5.91 Å². The molecule has 36 heavy (non-hydrogen) atoms. The zero-order chi connectivity index (χ0) is 26.8. The minimum absolute atomic E-state index is 0.231. The van der Waals surface area contributed by atoms with Gasteiger partial charge in [-0.2, -0.15) is 5.10 Å². The molecule has 0 saturated heterocycles. The second-order valence-corrected chi connectivity index (χ2v) is 9.32. The fraction of sp³-hybridized carbons (Fsp3) is 0.346. The molecule has 1 aliphatic heterocycles. The summed E-state index contributed by atoms with van der Waals surface area (Å²) in [5.74, 6) is 4.71. The lowest BCUT2D eigenvalue weighted by atomic mass is 10.0. The Kier molecular flexibility index (Phi) is 11.9. The van der Waals surface area contributed by atoms with E-state index in [0.717, 1.165) is 17.7 Å². The molecule has 0 spiro atoms. The summed E-state index contributed by atoms with van der Waals surface area (Å²) >= 11 is 18.8. The zero-order valence-corrected chi connectivity index (χ0v) is 23.4. The number of halogens is 3. The highest BCUT2D eigenvalue weighted by atomic mass is 35.5. The molecule has 0 bridgehead atoms. The maximum atomic E-state index is 13.2. The van der Waals surface area contributed by atoms with Crippen molar-refractivity contribution in [3.05, 3.63) is 73.9 Å². The molecule has 0 unspecified atom stereocenters. The smallest absolute Gasteiger partial charge is 0.254 e. The highest BCUT2D eigenvalue weighted by Crippen LogP contribution is 2.38. The zero-order valence-electron chi connectivity index (χ0n) is 21.2. The molecule has 7 nitrogen and oxygen atoms in total. The summed E-state index contributed by atoms with van der Waals surface area (Å²) in [5, 5.41) is 10.3. The van der Waals surface area contributed by atoms with Crippen LogP contribution in [0.2, 0.25) is 15.1 Å². The number of aryl methyl sites for hydroxylation is 2. The van der Waals surface area contributed by atoms with Gasteiger partial charge in [-0.1, -0.05) is 66.8 Å². The van der Waals surface area contributed by atoms with E-state index in [0.29, 0.717) is 51.4 Å². The van der Waals surface area contributed by atoms with Crippen molar-refractivity contribution in [2.45, 2.75) is 46.5 Å². The number of anilines is 1. The topological polar surface area (TPSA) is 92.3 Å². The predicted molar refractivity (Wildman–Crippen MR) is 151 cm³/mol. The quantitative estimate of drug-likeness (QED) is 0.251. The molecular weight excluding hydrogens is 521 g/mol. The van der Waals surface area contributed by atoms with Gasteiger partial charge in [-0.25, -0.2) is 10.9 Å². The number of benzene rings is 2. The average Bonchev–Trinajstić information content (AvgIpc) is 2.84. The average molecular weight is 553 g/mol. The fourth-order valence-electron chi connectivity index (χ4n) is 3.63. The Morgan fingerprint density at radius 1 is 1.17 bits per heavy atom. The highest BCUT2D eigenvalue weighted by molar-refractivity contribution is 6.41. The molecule has 1 heterocycles. The van der Waals surface area contributed by atoms with E-state index in [4.69, 9.17) is 34.8 Å². The van der Waals surface area contributed by atoms with E-state index in [1.54, 1.807) is 30.4 Å². The van der Waals surface area contributed by atoms with Crippen LogP contribution in [0.4, 0.5) is 5.69 Å². The molecule has 1 aliphatic rings. The lowest BCUT2D eigenvalue weighted by Crippen LogP contribution is -2.35. The summed E-state index contributed by atoms with van der Waals surface area (Å²) < 4.78 is 0. The third-order valence-electron chi connectivity index (χ3n) is 5.53.